The van der Waals surface area contributed by atoms with E-state index in [1.807, 2.05) is 0 Å². The largest absolute Gasteiger partial charge is 0.395 e. The van der Waals surface area contributed by atoms with Crippen LogP contribution in [-0.4, -0.2) is 28.7 Å². The van der Waals surface area contributed by atoms with Crippen molar-refractivity contribution < 1.29 is 15.0 Å². The molecule has 22 heavy (non-hydrogen) atoms. The van der Waals surface area contributed by atoms with Crippen molar-refractivity contribution in [2.45, 2.75) is 64.4 Å². The number of ketones is 1. The minimum Gasteiger partial charge on any atom is -0.395 e. The average molecular weight is 304 g/mol. The predicted molar refractivity (Wildman–Crippen MR) is 84.1 cm³/mol. The molecule has 4 aliphatic rings. The zero-order valence-electron chi connectivity index (χ0n) is 13.6. The molecule has 0 amide bonds. The van der Waals surface area contributed by atoms with Crippen molar-refractivity contribution in [3.05, 3.63) is 11.6 Å². The number of fused-ring (bicyclic) bond motifs is 5. The Morgan fingerprint density at radius 3 is 2.82 bits per heavy atom. The highest BCUT2D eigenvalue weighted by Crippen LogP contribution is 2.63. The van der Waals surface area contributed by atoms with E-state index < -0.39 is 0 Å². The van der Waals surface area contributed by atoms with Crippen molar-refractivity contribution in [3.63, 3.8) is 0 Å². The fourth-order valence-corrected chi connectivity index (χ4v) is 6.50. The average Bonchev–Trinajstić information content (AvgIpc) is 2.82. The first-order chi connectivity index (χ1) is 10.5. The first kappa shape index (κ1) is 14.9. The summed E-state index contributed by atoms with van der Waals surface area (Å²) in [6.07, 6.45) is 9.45. The Hall–Kier alpha value is -0.670. The molecule has 4 rings (SSSR count). The van der Waals surface area contributed by atoms with Gasteiger partial charge in [0, 0.05) is 17.3 Å². The van der Waals surface area contributed by atoms with E-state index in [9.17, 15) is 15.0 Å². The Labute approximate surface area is 132 Å². The molecule has 6 atom stereocenters. The van der Waals surface area contributed by atoms with Gasteiger partial charge in [0.05, 0.1) is 12.7 Å². The molecule has 3 nitrogen and oxygen atoms in total. The van der Waals surface area contributed by atoms with Gasteiger partial charge in [-0.2, -0.15) is 0 Å². The molecule has 3 unspecified atom stereocenters. The van der Waals surface area contributed by atoms with Crippen LogP contribution in [-0.2, 0) is 4.79 Å². The first-order valence-electron chi connectivity index (χ1n) is 9.03. The van der Waals surface area contributed by atoms with E-state index in [2.05, 4.69) is 13.0 Å². The van der Waals surface area contributed by atoms with Crippen LogP contribution in [0.25, 0.3) is 0 Å². The standard InChI is InChI=1S/C19H28O3/c1-18-8-7-16-14(15(18)4-5-17(18)22)3-2-12-10-13(21)6-9-19(12,16)11-20/h2,13-16,20-21H,3-11H2,1H3/t13-,14?,15?,16?,18-,19+/m0/s1. The molecular weight excluding hydrogens is 276 g/mol. The van der Waals surface area contributed by atoms with Crippen LogP contribution < -0.4 is 0 Å². The van der Waals surface area contributed by atoms with Crippen LogP contribution >= 0.6 is 0 Å². The predicted octanol–water partition coefficient (Wildman–Crippen LogP) is 2.85. The number of rotatable bonds is 1. The summed E-state index contributed by atoms with van der Waals surface area (Å²) in [4.78, 5) is 12.4. The van der Waals surface area contributed by atoms with Gasteiger partial charge >= 0.3 is 0 Å². The van der Waals surface area contributed by atoms with Gasteiger partial charge in [-0.05, 0) is 62.7 Å². The monoisotopic (exact) mass is 304 g/mol. The van der Waals surface area contributed by atoms with Crippen LogP contribution in [0.2, 0.25) is 0 Å². The number of Topliss-reactive ketones (excluding diaryl/α,β-unsaturated/α-hetero) is 1. The van der Waals surface area contributed by atoms with Crippen LogP contribution in [0.4, 0.5) is 0 Å². The minimum atomic E-state index is -0.232. The molecule has 3 fully saturated rings. The van der Waals surface area contributed by atoms with Gasteiger partial charge in [-0.3, -0.25) is 4.79 Å². The van der Waals surface area contributed by atoms with Gasteiger partial charge in [0.25, 0.3) is 0 Å². The topological polar surface area (TPSA) is 57.5 Å². The summed E-state index contributed by atoms with van der Waals surface area (Å²) in [5, 5.41) is 20.3. The van der Waals surface area contributed by atoms with Gasteiger partial charge in [0.2, 0.25) is 0 Å². The molecule has 0 aromatic heterocycles. The van der Waals surface area contributed by atoms with Crippen LogP contribution in [0.3, 0.4) is 0 Å². The van der Waals surface area contributed by atoms with Crippen molar-refractivity contribution >= 4 is 5.78 Å². The summed E-state index contributed by atoms with van der Waals surface area (Å²) < 4.78 is 0. The molecule has 0 aromatic rings. The quantitative estimate of drug-likeness (QED) is 0.732. The van der Waals surface area contributed by atoms with Crippen LogP contribution in [0, 0.1) is 28.6 Å². The minimum absolute atomic E-state index is 0.0999. The number of aliphatic hydroxyl groups is 2. The molecule has 0 heterocycles. The Morgan fingerprint density at radius 2 is 2.05 bits per heavy atom. The Kier molecular flexibility index (Phi) is 3.32. The van der Waals surface area contributed by atoms with Gasteiger partial charge in [0.15, 0.2) is 0 Å². The molecule has 0 aliphatic heterocycles. The van der Waals surface area contributed by atoms with Crippen molar-refractivity contribution in [1.29, 1.82) is 0 Å². The molecule has 3 heteroatoms. The van der Waals surface area contributed by atoms with Crippen molar-refractivity contribution in [1.82, 2.24) is 0 Å². The fraction of sp³-hybridized carbons (Fsp3) is 0.842. The molecule has 0 aromatic carbocycles. The summed E-state index contributed by atoms with van der Waals surface area (Å²) in [7, 11) is 0. The van der Waals surface area contributed by atoms with Crippen molar-refractivity contribution in [2.24, 2.45) is 28.6 Å². The Morgan fingerprint density at radius 1 is 1.23 bits per heavy atom. The van der Waals surface area contributed by atoms with E-state index in [-0.39, 0.29) is 23.5 Å². The van der Waals surface area contributed by atoms with Gasteiger partial charge in [-0.15, -0.1) is 0 Å². The van der Waals surface area contributed by atoms with Gasteiger partial charge < -0.3 is 10.2 Å². The zero-order valence-corrected chi connectivity index (χ0v) is 13.6. The summed E-state index contributed by atoms with van der Waals surface area (Å²) in [5.41, 5.74) is 1.11. The number of carbonyl (C=O) groups excluding carboxylic acids is 1. The second-order valence-electron chi connectivity index (χ2n) is 8.47. The van der Waals surface area contributed by atoms with E-state index in [4.69, 9.17) is 0 Å². The van der Waals surface area contributed by atoms with Crippen LogP contribution in [0.15, 0.2) is 11.6 Å². The van der Waals surface area contributed by atoms with Gasteiger partial charge in [0.1, 0.15) is 5.78 Å². The molecule has 0 bridgehead atoms. The Bertz CT molecular complexity index is 525. The van der Waals surface area contributed by atoms with E-state index >= 15 is 0 Å². The van der Waals surface area contributed by atoms with Crippen molar-refractivity contribution in [2.75, 3.05) is 6.61 Å². The summed E-state index contributed by atoms with van der Waals surface area (Å²) in [6, 6.07) is 0. The normalized spacial score (nSPS) is 50.9. The number of carbonyl (C=O) groups is 1. The van der Waals surface area contributed by atoms with Gasteiger partial charge in [-0.1, -0.05) is 18.6 Å². The maximum atomic E-state index is 12.4. The van der Waals surface area contributed by atoms with Gasteiger partial charge in [-0.25, -0.2) is 0 Å². The molecule has 122 valence electrons. The maximum Gasteiger partial charge on any atom is 0.139 e. The zero-order chi connectivity index (χ0) is 15.5. The number of hydrogen-bond acceptors (Lipinski definition) is 3. The van der Waals surface area contributed by atoms with E-state index in [1.54, 1.807) is 0 Å². The SMILES string of the molecule is C[C@]12CCC3C(CC=C4C[C@@H](O)CC[C@@]43CO)C1CCC2=O. The molecule has 3 saturated carbocycles. The smallest absolute Gasteiger partial charge is 0.139 e. The third-order valence-electron chi connectivity index (χ3n) is 7.79. The highest BCUT2D eigenvalue weighted by Gasteiger charge is 2.59. The molecule has 4 aliphatic carbocycles. The lowest BCUT2D eigenvalue weighted by Crippen LogP contribution is -2.53. The van der Waals surface area contributed by atoms with Crippen LogP contribution in [0.1, 0.15) is 58.3 Å². The summed E-state index contributed by atoms with van der Waals surface area (Å²) in [5.74, 6) is 2.04. The van der Waals surface area contributed by atoms with E-state index in [0.717, 1.165) is 51.4 Å². The number of allylic oxidation sites excluding steroid dienone is 1. The molecule has 0 saturated heterocycles. The lowest BCUT2D eigenvalue weighted by atomic mass is 9.47. The molecule has 0 spiro atoms. The van der Waals surface area contributed by atoms with E-state index in [1.165, 1.54) is 5.57 Å². The Balaban J connectivity index is 1.72. The number of aliphatic hydroxyl groups excluding tert-OH is 2. The second-order valence-corrected chi connectivity index (χ2v) is 8.47. The third kappa shape index (κ3) is 1.78. The second kappa shape index (κ2) is 4.91. The lowest BCUT2D eigenvalue weighted by molar-refractivity contribution is -0.133. The number of hydrogen-bond donors (Lipinski definition) is 2. The summed E-state index contributed by atoms with van der Waals surface area (Å²) >= 11 is 0. The maximum absolute atomic E-state index is 12.4. The highest BCUT2D eigenvalue weighted by molar-refractivity contribution is 5.87. The molecule has 2 N–H and O–H groups in total. The van der Waals surface area contributed by atoms with E-state index in [0.29, 0.717) is 23.5 Å². The molecule has 0 radical (unpaired) electrons. The summed E-state index contributed by atoms with van der Waals surface area (Å²) in [6.45, 7) is 2.41. The van der Waals surface area contributed by atoms with Crippen molar-refractivity contribution in [3.8, 4) is 0 Å². The fourth-order valence-electron chi connectivity index (χ4n) is 6.50. The molecular formula is C19H28O3. The highest BCUT2D eigenvalue weighted by atomic mass is 16.3. The third-order valence-corrected chi connectivity index (χ3v) is 7.79. The first-order valence-corrected chi connectivity index (χ1v) is 9.03. The van der Waals surface area contributed by atoms with Crippen LogP contribution in [0.5, 0.6) is 0 Å². The lowest BCUT2D eigenvalue weighted by Gasteiger charge is -2.57.